The van der Waals surface area contributed by atoms with E-state index in [2.05, 4.69) is 0 Å². The van der Waals surface area contributed by atoms with Gasteiger partial charge < -0.3 is 30.5 Å². The normalized spacial score (nSPS) is 11.9. The van der Waals surface area contributed by atoms with Crippen molar-refractivity contribution in [3.63, 3.8) is 0 Å². The molecule has 228 valence electrons. The van der Waals surface area contributed by atoms with Crippen molar-refractivity contribution < 1.29 is 28.6 Å². The van der Waals surface area contributed by atoms with E-state index >= 15 is 0 Å². The topological polar surface area (TPSA) is 155 Å². The average molecular weight is 638 g/mol. The van der Waals surface area contributed by atoms with E-state index in [1.54, 1.807) is 12.1 Å². The van der Waals surface area contributed by atoms with Crippen molar-refractivity contribution in [2.75, 3.05) is 0 Å². The quantitative estimate of drug-likeness (QED) is 0.150. The van der Waals surface area contributed by atoms with Crippen LogP contribution in [0.2, 0.25) is 0 Å². The van der Waals surface area contributed by atoms with Gasteiger partial charge in [-0.3, -0.25) is 4.79 Å². The van der Waals surface area contributed by atoms with Crippen LogP contribution in [-0.2, 0) is 22.4 Å². The van der Waals surface area contributed by atoms with Gasteiger partial charge in [0, 0.05) is 12.1 Å². The van der Waals surface area contributed by atoms with Gasteiger partial charge in [0.25, 0.3) is 0 Å². The first-order chi connectivity index (χ1) is 20.3. The van der Waals surface area contributed by atoms with Gasteiger partial charge in [-0.25, -0.2) is 9.59 Å². The lowest BCUT2D eigenvalue weighted by Crippen LogP contribution is -2.36. The highest BCUT2D eigenvalue weighted by molar-refractivity contribution is 5.89. The lowest BCUT2D eigenvalue weighted by molar-refractivity contribution is -0.136. The minimum absolute atomic E-state index is 0. The maximum absolute atomic E-state index is 13.3. The number of nitrogens with two attached hydrogens (primary N) is 2. The summed E-state index contributed by atoms with van der Waals surface area (Å²) in [5.41, 5.74) is 14.0. The number of ether oxygens (including phenoxy) is 2. The Morgan fingerprint density at radius 2 is 1.23 bits per heavy atom. The van der Waals surface area contributed by atoms with Crippen molar-refractivity contribution in [2.45, 2.75) is 24.9 Å². The molecule has 2 atom stereocenters. The number of rotatable bonds is 9. The van der Waals surface area contributed by atoms with Gasteiger partial charge in [-0.15, -0.1) is 24.8 Å². The van der Waals surface area contributed by atoms with Gasteiger partial charge in [0.2, 0.25) is 5.43 Å². The smallest absolute Gasteiger partial charge is 0.328 e. The third-order valence-electron chi connectivity index (χ3n) is 6.63. The van der Waals surface area contributed by atoms with Gasteiger partial charge in [-0.2, -0.15) is 0 Å². The zero-order valence-electron chi connectivity index (χ0n) is 23.3. The molecular formula is C33H30Cl2N2O7. The molecular weight excluding hydrogens is 607 g/mol. The second kappa shape index (κ2) is 15.2. The molecule has 0 unspecified atom stereocenters. The van der Waals surface area contributed by atoms with Crippen molar-refractivity contribution in [1.29, 1.82) is 0 Å². The van der Waals surface area contributed by atoms with E-state index < -0.39 is 35.2 Å². The van der Waals surface area contributed by atoms with Crippen LogP contribution in [0.25, 0.3) is 22.1 Å². The zero-order valence-corrected chi connectivity index (χ0v) is 24.9. The SMILES string of the molecule is Cl.Cl.N[C@H](Cc1ccccc1)C(=O)Oc1ccc(-c2coc3cc(OC(=O)[C@H](N)Cc4ccccc4)cc(O)c3c2=O)cc1. The summed E-state index contributed by atoms with van der Waals surface area (Å²) in [4.78, 5) is 38.2. The van der Waals surface area contributed by atoms with E-state index in [4.69, 9.17) is 25.4 Å². The molecule has 0 radical (unpaired) electrons. The van der Waals surface area contributed by atoms with Crippen molar-refractivity contribution in [3.05, 3.63) is 125 Å². The van der Waals surface area contributed by atoms with E-state index in [0.29, 0.717) is 12.0 Å². The Labute approximate surface area is 265 Å². The maximum Gasteiger partial charge on any atom is 0.328 e. The fraction of sp³-hybridized carbons (Fsp3) is 0.121. The second-order valence-corrected chi connectivity index (χ2v) is 9.75. The summed E-state index contributed by atoms with van der Waals surface area (Å²) in [7, 11) is 0. The Morgan fingerprint density at radius 1 is 0.727 bits per heavy atom. The predicted octanol–water partition coefficient (Wildman–Crippen LogP) is 4.96. The highest BCUT2D eigenvalue weighted by Gasteiger charge is 2.20. The number of phenolic OH excluding ortho intramolecular Hbond substituents is 1. The van der Waals surface area contributed by atoms with Crippen molar-refractivity contribution in [3.8, 4) is 28.4 Å². The Hall–Kier alpha value is -4.67. The monoisotopic (exact) mass is 636 g/mol. The summed E-state index contributed by atoms with van der Waals surface area (Å²) in [5.74, 6) is -1.45. The van der Waals surface area contributed by atoms with Crippen molar-refractivity contribution in [2.24, 2.45) is 11.5 Å². The molecule has 1 heterocycles. The molecule has 4 aromatic carbocycles. The molecule has 0 aliphatic carbocycles. The highest BCUT2D eigenvalue weighted by atomic mass is 35.5. The van der Waals surface area contributed by atoms with Crippen LogP contribution in [0, 0.1) is 0 Å². The molecule has 9 nitrogen and oxygen atoms in total. The largest absolute Gasteiger partial charge is 0.507 e. The number of esters is 2. The highest BCUT2D eigenvalue weighted by Crippen LogP contribution is 2.31. The first-order valence-electron chi connectivity index (χ1n) is 13.2. The molecule has 0 bridgehead atoms. The van der Waals surface area contributed by atoms with E-state index in [9.17, 15) is 19.5 Å². The van der Waals surface area contributed by atoms with E-state index in [1.165, 1.54) is 24.5 Å². The minimum atomic E-state index is -0.929. The number of carbonyl (C=O) groups excluding carboxylic acids is 2. The van der Waals surface area contributed by atoms with Crippen molar-refractivity contribution in [1.82, 2.24) is 0 Å². The van der Waals surface area contributed by atoms with E-state index in [-0.39, 0.29) is 59.3 Å². The van der Waals surface area contributed by atoms with Crippen LogP contribution in [-0.4, -0.2) is 29.1 Å². The van der Waals surface area contributed by atoms with E-state index in [1.807, 2.05) is 60.7 Å². The fourth-order valence-corrected chi connectivity index (χ4v) is 4.45. The first-order valence-corrected chi connectivity index (χ1v) is 13.2. The van der Waals surface area contributed by atoms with Crippen LogP contribution >= 0.6 is 24.8 Å². The number of benzene rings is 4. The molecule has 0 saturated carbocycles. The van der Waals surface area contributed by atoms with Crippen LogP contribution in [0.3, 0.4) is 0 Å². The van der Waals surface area contributed by atoms with Gasteiger partial charge >= 0.3 is 11.9 Å². The molecule has 0 amide bonds. The van der Waals surface area contributed by atoms with Crippen molar-refractivity contribution >= 4 is 47.7 Å². The van der Waals surface area contributed by atoms with Crippen LogP contribution in [0.15, 0.2) is 113 Å². The molecule has 5 rings (SSSR count). The summed E-state index contributed by atoms with van der Waals surface area (Å²) >= 11 is 0. The molecule has 5 aromatic rings. The second-order valence-electron chi connectivity index (χ2n) is 9.75. The third kappa shape index (κ3) is 8.03. The van der Waals surface area contributed by atoms with Gasteiger partial charge in [0.05, 0.1) is 5.56 Å². The Bertz CT molecular complexity index is 1780. The summed E-state index contributed by atoms with van der Waals surface area (Å²) in [6, 6.07) is 25.6. The van der Waals surface area contributed by atoms with E-state index in [0.717, 1.165) is 17.2 Å². The zero-order chi connectivity index (χ0) is 29.6. The predicted molar refractivity (Wildman–Crippen MR) is 172 cm³/mol. The summed E-state index contributed by atoms with van der Waals surface area (Å²) in [6.07, 6.45) is 1.85. The van der Waals surface area contributed by atoms with Gasteiger partial charge in [0.1, 0.15) is 46.6 Å². The standard InChI is InChI=1S/C33H28N2O7.2ClH/c34-26(15-20-7-3-1-4-8-20)32(38)41-23-13-11-22(12-14-23)25-19-40-29-18-24(17-28(36)30(29)31(25)37)42-33(39)27(35)16-21-9-5-2-6-10-21;;/h1-14,17-19,26-27,36H,15-16,34-35H2;2*1H/t26-,27-;;/m1../s1. The molecule has 0 aliphatic rings. The molecule has 11 heteroatoms. The number of hydrogen-bond acceptors (Lipinski definition) is 9. The Morgan fingerprint density at radius 3 is 1.75 bits per heavy atom. The van der Waals surface area contributed by atoms with Gasteiger partial charge in [0.15, 0.2) is 0 Å². The fourth-order valence-electron chi connectivity index (χ4n) is 4.45. The van der Waals surface area contributed by atoms with Gasteiger partial charge in [-0.05, 0) is 41.7 Å². The molecule has 5 N–H and O–H groups in total. The molecule has 0 aliphatic heterocycles. The number of aromatic hydroxyl groups is 1. The number of hydrogen-bond donors (Lipinski definition) is 3. The summed E-state index contributed by atoms with van der Waals surface area (Å²) < 4.78 is 16.4. The molecule has 1 aromatic heterocycles. The average Bonchev–Trinajstić information content (AvgIpc) is 2.98. The summed E-state index contributed by atoms with van der Waals surface area (Å²) in [6.45, 7) is 0. The Balaban J connectivity index is 0.00000264. The number of carbonyl (C=O) groups is 2. The van der Waals surface area contributed by atoms with Crippen LogP contribution < -0.4 is 26.4 Å². The van der Waals surface area contributed by atoms with Crippen LogP contribution in [0.4, 0.5) is 0 Å². The summed E-state index contributed by atoms with van der Waals surface area (Å²) in [5, 5.41) is 10.6. The van der Waals surface area contributed by atoms with Crippen LogP contribution in [0.1, 0.15) is 11.1 Å². The molecule has 0 spiro atoms. The molecule has 44 heavy (non-hydrogen) atoms. The number of halogens is 2. The third-order valence-corrected chi connectivity index (χ3v) is 6.63. The maximum atomic E-state index is 13.3. The van der Waals surface area contributed by atoms with Crippen LogP contribution in [0.5, 0.6) is 17.2 Å². The number of fused-ring (bicyclic) bond motifs is 1. The molecule has 0 saturated heterocycles. The molecule has 0 fully saturated rings. The minimum Gasteiger partial charge on any atom is -0.507 e. The van der Waals surface area contributed by atoms with Gasteiger partial charge in [-0.1, -0.05) is 72.8 Å². The first kappa shape index (κ1) is 33.8. The number of phenols is 1. The lowest BCUT2D eigenvalue weighted by atomic mass is 10.0. The Kier molecular flexibility index (Phi) is 11.7. The lowest BCUT2D eigenvalue weighted by Gasteiger charge is -2.13.